The van der Waals surface area contributed by atoms with Gasteiger partial charge in [0, 0.05) is 36.5 Å². The number of halogens is 1. The summed E-state index contributed by atoms with van der Waals surface area (Å²) in [7, 11) is 0. The number of imidazole rings is 1. The Kier molecular flexibility index (Phi) is 10.1. The lowest BCUT2D eigenvalue weighted by Crippen LogP contribution is -2.37. The number of aryl methyl sites for hydroxylation is 1. The number of nitrogens with one attached hydrogen (secondary N) is 2. The highest BCUT2D eigenvalue weighted by Gasteiger charge is 2.17. The molecular formula is C28H35ClN4O4. The molecular weight excluding hydrogens is 492 g/mol. The summed E-state index contributed by atoms with van der Waals surface area (Å²) in [5.74, 6) is 1.07. The Balaban J connectivity index is 1.70. The number of aliphatic hydroxyl groups is 1. The van der Waals surface area contributed by atoms with Gasteiger partial charge in [-0.25, -0.2) is 4.98 Å². The monoisotopic (exact) mass is 526 g/mol. The number of ether oxygens (including phenoxy) is 1. The fourth-order valence-corrected chi connectivity index (χ4v) is 4.31. The van der Waals surface area contributed by atoms with Gasteiger partial charge in [0.15, 0.2) is 0 Å². The van der Waals surface area contributed by atoms with Gasteiger partial charge in [-0.3, -0.25) is 9.59 Å². The second-order valence-electron chi connectivity index (χ2n) is 9.17. The second kappa shape index (κ2) is 13.3. The summed E-state index contributed by atoms with van der Waals surface area (Å²) in [6, 6.07) is 12.5. The molecule has 3 aromatic rings. The molecule has 2 aromatic carbocycles. The van der Waals surface area contributed by atoms with Crippen LogP contribution in [0.4, 0.5) is 0 Å². The summed E-state index contributed by atoms with van der Waals surface area (Å²) < 4.78 is 7.66. The summed E-state index contributed by atoms with van der Waals surface area (Å²) >= 11 is 6.29. The van der Waals surface area contributed by atoms with E-state index in [1.165, 1.54) is 0 Å². The Morgan fingerprint density at radius 2 is 1.92 bits per heavy atom. The number of carbonyl (C=O) groups excluding carboxylic acids is 2. The SMILES string of the molecule is CCn1cc(-c2ccc(C[C@@H](CCO)NC(=O)c3ccc(OC(C)C)c(Cl)c3)cc2)nc1[C@@H](C)NC=O. The molecule has 0 saturated carbocycles. The molecule has 0 aliphatic carbocycles. The summed E-state index contributed by atoms with van der Waals surface area (Å²) in [5.41, 5.74) is 3.23. The van der Waals surface area contributed by atoms with Crippen LogP contribution in [0.25, 0.3) is 11.3 Å². The lowest BCUT2D eigenvalue weighted by atomic mass is 10.0. The van der Waals surface area contributed by atoms with Crippen molar-refractivity contribution in [1.29, 1.82) is 0 Å². The van der Waals surface area contributed by atoms with Crippen LogP contribution >= 0.6 is 11.6 Å². The van der Waals surface area contributed by atoms with E-state index in [1.54, 1.807) is 18.2 Å². The second-order valence-corrected chi connectivity index (χ2v) is 9.58. The number of hydrogen-bond donors (Lipinski definition) is 3. The molecule has 0 fully saturated rings. The first-order chi connectivity index (χ1) is 17.7. The first-order valence-electron chi connectivity index (χ1n) is 12.5. The maximum absolute atomic E-state index is 12.9. The van der Waals surface area contributed by atoms with Gasteiger partial charge < -0.3 is 25.0 Å². The molecule has 0 saturated heterocycles. The highest BCUT2D eigenvalue weighted by molar-refractivity contribution is 6.32. The van der Waals surface area contributed by atoms with E-state index in [9.17, 15) is 14.7 Å². The first-order valence-corrected chi connectivity index (χ1v) is 12.9. The number of carbonyl (C=O) groups is 2. The quantitative estimate of drug-likeness (QED) is 0.283. The van der Waals surface area contributed by atoms with Gasteiger partial charge in [-0.15, -0.1) is 0 Å². The summed E-state index contributed by atoms with van der Waals surface area (Å²) in [6.07, 6.45) is 3.61. The topological polar surface area (TPSA) is 105 Å². The van der Waals surface area contributed by atoms with Crippen molar-refractivity contribution in [1.82, 2.24) is 20.2 Å². The number of rotatable bonds is 13. The highest BCUT2D eigenvalue weighted by atomic mass is 35.5. The molecule has 0 unspecified atom stereocenters. The summed E-state index contributed by atoms with van der Waals surface area (Å²) in [6.45, 7) is 8.44. The van der Waals surface area contributed by atoms with Crippen molar-refractivity contribution in [3.63, 3.8) is 0 Å². The van der Waals surface area contributed by atoms with Gasteiger partial charge in [0.25, 0.3) is 5.91 Å². The lowest BCUT2D eigenvalue weighted by Gasteiger charge is -2.19. The molecule has 2 amide bonds. The third-order valence-electron chi connectivity index (χ3n) is 5.95. The van der Waals surface area contributed by atoms with Gasteiger partial charge in [0.2, 0.25) is 6.41 Å². The third kappa shape index (κ3) is 7.57. The van der Waals surface area contributed by atoms with Crippen LogP contribution in [0.2, 0.25) is 5.02 Å². The van der Waals surface area contributed by atoms with Gasteiger partial charge in [0.05, 0.1) is 22.9 Å². The average molecular weight is 527 g/mol. The molecule has 0 bridgehead atoms. The molecule has 9 heteroatoms. The molecule has 3 rings (SSSR count). The van der Waals surface area contributed by atoms with E-state index in [2.05, 4.69) is 10.6 Å². The van der Waals surface area contributed by atoms with Crippen molar-refractivity contribution in [2.45, 2.75) is 65.3 Å². The van der Waals surface area contributed by atoms with Crippen molar-refractivity contribution in [3.8, 4) is 17.0 Å². The lowest BCUT2D eigenvalue weighted by molar-refractivity contribution is -0.110. The first kappa shape index (κ1) is 28.2. The number of aliphatic hydroxyl groups excluding tert-OH is 1. The Labute approximate surface area is 223 Å². The standard InChI is InChI=1S/C28H35ClN4O4/c1-5-33-16-25(32-27(33)19(4)30-17-35)21-8-6-20(7-9-21)14-23(12-13-34)31-28(36)22-10-11-26(24(29)15-22)37-18(2)3/h6-11,15-19,23,34H,5,12-14H2,1-4H3,(H,30,35)(H,31,36)/t19-,23-/m1/s1. The zero-order valence-electron chi connectivity index (χ0n) is 21.7. The van der Waals surface area contributed by atoms with Crippen LogP contribution in [0.1, 0.15) is 61.9 Å². The number of benzene rings is 2. The van der Waals surface area contributed by atoms with Crippen molar-refractivity contribution in [3.05, 3.63) is 70.6 Å². The number of hydrogen-bond acceptors (Lipinski definition) is 5. The predicted octanol–water partition coefficient (Wildman–Crippen LogP) is 4.54. The van der Waals surface area contributed by atoms with Crippen LogP contribution in [0.3, 0.4) is 0 Å². The Morgan fingerprint density at radius 3 is 2.51 bits per heavy atom. The average Bonchev–Trinajstić information content (AvgIpc) is 3.30. The minimum absolute atomic E-state index is 0.0232. The number of nitrogens with zero attached hydrogens (tertiary/aromatic N) is 2. The van der Waals surface area contributed by atoms with Crippen LogP contribution in [0.5, 0.6) is 5.75 Å². The van der Waals surface area contributed by atoms with Gasteiger partial charge in [0.1, 0.15) is 11.6 Å². The van der Waals surface area contributed by atoms with E-state index in [1.807, 2.05) is 62.7 Å². The van der Waals surface area contributed by atoms with Crippen LogP contribution in [0, 0.1) is 0 Å². The molecule has 8 nitrogen and oxygen atoms in total. The largest absolute Gasteiger partial charge is 0.489 e. The zero-order chi connectivity index (χ0) is 26.9. The van der Waals surface area contributed by atoms with E-state index < -0.39 is 0 Å². The predicted molar refractivity (Wildman–Crippen MR) is 145 cm³/mol. The smallest absolute Gasteiger partial charge is 0.251 e. The summed E-state index contributed by atoms with van der Waals surface area (Å²) in [4.78, 5) is 28.4. The van der Waals surface area contributed by atoms with Gasteiger partial charge in [-0.05, 0) is 64.3 Å². The number of amides is 2. The Bertz CT molecular complexity index is 1190. The third-order valence-corrected chi connectivity index (χ3v) is 6.25. The van der Waals surface area contributed by atoms with E-state index >= 15 is 0 Å². The van der Waals surface area contributed by atoms with Crippen molar-refractivity contribution >= 4 is 23.9 Å². The molecule has 1 aromatic heterocycles. The van der Waals surface area contributed by atoms with E-state index in [0.717, 1.165) is 29.2 Å². The molecule has 0 aliphatic rings. The van der Waals surface area contributed by atoms with Crippen LogP contribution in [-0.2, 0) is 17.8 Å². The van der Waals surface area contributed by atoms with Gasteiger partial charge in [-0.1, -0.05) is 35.9 Å². The van der Waals surface area contributed by atoms with E-state index in [4.69, 9.17) is 21.3 Å². The highest BCUT2D eigenvalue weighted by Crippen LogP contribution is 2.27. The molecule has 37 heavy (non-hydrogen) atoms. The van der Waals surface area contributed by atoms with Crippen LogP contribution < -0.4 is 15.4 Å². The van der Waals surface area contributed by atoms with Crippen molar-refractivity contribution in [2.75, 3.05) is 6.61 Å². The van der Waals surface area contributed by atoms with E-state index in [0.29, 0.717) is 35.6 Å². The minimum atomic E-state index is -0.260. The fraction of sp³-hybridized carbons (Fsp3) is 0.393. The van der Waals surface area contributed by atoms with E-state index in [-0.39, 0.29) is 30.7 Å². The zero-order valence-corrected chi connectivity index (χ0v) is 22.5. The summed E-state index contributed by atoms with van der Waals surface area (Å²) in [5, 5.41) is 15.7. The number of aromatic nitrogens is 2. The normalized spacial score (nSPS) is 12.7. The molecule has 0 spiro atoms. The molecule has 3 N–H and O–H groups in total. The van der Waals surface area contributed by atoms with Crippen molar-refractivity contribution in [2.24, 2.45) is 0 Å². The van der Waals surface area contributed by atoms with Crippen LogP contribution in [0.15, 0.2) is 48.7 Å². The van der Waals surface area contributed by atoms with Gasteiger partial charge >= 0.3 is 0 Å². The van der Waals surface area contributed by atoms with Crippen LogP contribution in [-0.4, -0.2) is 45.7 Å². The van der Waals surface area contributed by atoms with Crippen molar-refractivity contribution < 1.29 is 19.4 Å². The Morgan fingerprint density at radius 1 is 1.19 bits per heavy atom. The fourth-order valence-electron chi connectivity index (χ4n) is 4.08. The molecule has 0 radical (unpaired) electrons. The Hall–Kier alpha value is -3.36. The molecule has 198 valence electrons. The minimum Gasteiger partial charge on any atom is -0.489 e. The maximum atomic E-state index is 12.9. The van der Waals surface area contributed by atoms with Gasteiger partial charge in [-0.2, -0.15) is 0 Å². The molecule has 1 heterocycles. The molecule has 2 atom stereocenters. The molecule has 0 aliphatic heterocycles. The maximum Gasteiger partial charge on any atom is 0.251 e.